The van der Waals surface area contributed by atoms with Crippen LogP contribution in [0.25, 0.3) is 11.3 Å². The molecule has 0 spiro atoms. The first-order valence-electron chi connectivity index (χ1n) is 9.86. The second kappa shape index (κ2) is 8.51. The molecule has 2 aromatic rings. The number of anilines is 1. The van der Waals surface area contributed by atoms with Gasteiger partial charge in [0.05, 0.1) is 17.3 Å². The van der Waals surface area contributed by atoms with E-state index in [-0.39, 0.29) is 0 Å². The lowest BCUT2D eigenvalue weighted by atomic mass is 9.99. The predicted molar refractivity (Wildman–Crippen MR) is 109 cm³/mol. The van der Waals surface area contributed by atoms with Gasteiger partial charge in [0, 0.05) is 48.9 Å². The molecule has 0 amide bonds. The van der Waals surface area contributed by atoms with Crippen LogP contribution in [0.5, 0.6) is 0 Å². The number of nitrogens with zero attached hydrogens (tertiary/aromatic N) is 2. The molecule has 0 radical (unpaired) electrons. The summed E-state index contributed by atoms with van der Waals surface area (Å²) in [5.74, 6) is 0.708. The van der Waals surface area contributed by atoms with Crippen molar-refractivity contribution in [2.75, 3.05) is 37.7 Å². The van der Waals surface area contributed by atoms with Crippen LogP contribution >= 0.6 is 11.3 Å². The fraction of sp³-hybridized carbons (Fsp3) is 0.571. The minimum Gasteiger partial charge on any atom is -0.381 e. The molecule has 2 aliphatic heterocycles. The van der Waals surface area contributed by atoms with Crippen LogP contribution in [0, 0.1) is 12.8 Å². The molecule has 140 valence electrons. The standard InChI is InChI=1S/C21H29N3OS/c1-16-23-21(15-26-16)18-5-2-6-20(12-18)24-9-7-19(8-10-24)22-13-17-4-3-11-25-14-17/h2,5-6,12,15,17,19,22H,3-4,7-11,13-14H2,1H3. The molecular weight excluding hydrogens is 342 g/mol. The number of ether oxygens (including phenoxy) is 1. The molecule has 4 rings (SSSR count). The van der Waals surface area contributed by atoms with Gasteiger partial charge < -0.3 is 15.0 Å². The molecule has 1 N–H and O–H groups in total. The van der Waals surface area contributed by atoms with Crippen LogP contribution in [0.15, 0.2) is 29.6 Å². The number of nitrogens with one attached hydrogen (secondary N) is 1. The molecule has 0 saturated carbocycles. The topological polar surface area (TPSA) is 37.4 Å². The minimum atomic E-state index is 0.651. The van der Waals surface area contributed by atoms with Crippen molar-refractivity contribution in [2.45, 2.75) is 38.6 Å². The third kappa shape index (κ3) is 4.45. The second-order valence-corrected chi connectivity index (χ2v) is 8.62. The van der Waals surface area contributed by atoms with Gasteiger partial charge in [-0.25, -0.2) is 4.98 Å². The van der Waals surface area contributed by atoms with Crippen LogP contribution in [0.4, 0.5) is 5.69 Å². The Morgan fingerprint density at radius 2 is 2.15 bits per heavy atom. The Balaban J connectivity index is 1.30. The average Bonchev–Trinajstić information content (AvgIpc) is 3.14. The molecule has 0 bridgehead atoms. The molecule has 2 aliphatic rings. The van der Waals surface area contributed by atoms with Gasteiger partial charge in [-0.2, -0.15) is 0 Å². The van der Waals surface area contributed by atoms with E-state index in [1.807, 2.05) is 0 Å². The number of aryl methyl sites for hydroxylation is 1. The van der Waals surface area contributed by atoms with Gasteiger partial charge in [-0.05, 0) is 50.7 Å². The van der Waals surface area contributed by atoms with Crippen LogP contribution in [0.1, 0.15) is 30.7 Å². The van der Waals surface area contributed by atoms with E-state index in [1.54, 1.807) is 11.3 Å². The first-order valence-corrected chi connectivity index (χ1v) is 10.7. The largest absolute Gasteiger partial charge is 0.381 e. The van der Waals surface area contributed by atoms with E-state index in [0.29, 0.717) is 12.0 Å². The Kier molecular flexibility index (Phi) is 5.88. The van der Waals surface area contributed by atoms with Crippen molar-refractivity contribution < 1.29 is 4.74 Å². The SMILES string of the molecule is Cc1nc(-c2cccc(N3CCC(NCC4CCCOC4)CC3)c2)cs1. The van der Waals surface area contributed by atoms with Crippen molar-refractivity contribution >= 4 is 17.0 Å². The Labute approximate surface area is 160 Å². The highest BCUT2D eigenvalue weighted by Gasteiger charge is 2.21. The number of thiazole rings is 1. The maximum Gasteiger partial charge on any atom is 0.0901 e. The summed E-state index contributed by atoms with van der Waals surface area (Å²) < 4.78 is 5.59. The zero-order valence-corrected chi connectivity index (χ0v) is 16.4. The highest BCUT2D eigenvalue weighted by atomic mass is 32.1. The number of aromatic nitrogens is 1. The second-order valence-electron chi connectivity index (χ2n) is 7.55. The van der Waals surface area contributed by atoms with E-state index in [9.17, 15) is 0 Å². The van der Waals surface area contributed by atoms with Crippen LogP contribution in [-0.4, -0.2) is 43.9 Å². The number of rotatable bonds is 5. The van der Waals surface area contributed by atoms with Gasteiger partial charge in [0.15, 0.2) is 0 Å². The normalized spacial score (nSPS) is 21.9. The quantitative estimate of drug-likeness (QED) is 0.858. The van der Waals surface area contributed by atoms with E-state index in [4.69, 9.17) is 4.74 Å². The van der Waals surface area contributed by atoms with Crippen molar-refractivity contribution in [1.29, 1.82) is 0 Å². The molecule has 1 aromatic heterocycles. The molecule has 5 heteroatoms. The Hall–Kier alpha value is -1.43. The predicted octanol–water partition coefficient (Wildman–Crippen LogP) is 4.10. The number of hydrogen-bond acceptors (Lipinski definition) is 5. The van der Waals surface area contributed by atoms with Gasteiger partial charge in [-0.3, -0.25) is 0 Å². The maximum atomic E-state index is 5.59. The Morgan fingerprint density at radius 3 is 2.88 bits per heavy atom. The van der Waals surface area contributed by atoms with Gasteiger partial charge in [0.25, 0.3) is 0 Å². The fourth-order valence-electron chi connectivity index (χ4n) is 4.00. The summed E-state index contributed by atoms with van der Waals surface area (Å²) in [5, 5.41) is 7.07. The van der Waals surface area contributed by atoms with Crippen molar-refractivity contribution in [3.05, 3.63) is 34.7 Å². The first kappa shape index (κ1) is 18.0. The first-order chi connectivity index (χ1) is 12.8. The molecule has 26 heavy (non-hydrogen) atoms. The van der Waals surface area contributed by atoms with E-state index < -0.39 is 0 Å². The molecular formula is C21H29N3OS. The molecule has 2 saturated heterocycles. The zero-order valence-electron chi connectivity index (χ0n) is 15.6. The minimum absolute atomic E-state index is 0.651. The molecule has 1 atom stereocenters. The Bertz CT molecular complexity index is 703. The molecule has 1 aromatic carbocycles. The summed E-state index contributed by atoms with van der Waals surface area (Å²) in [6.07, 6.45) is 4.97. The Morgan fingerprint density at radius 1 is 1.27 bits per heavy atom. The monoisotopic (exact) mass is 371 g/mol. The highest BCUT2D eigenvalue weighted by Crippen LogP contribution is 2.27. The van der Waals surface area contributed by atoms with Crippen molar-refractivity contribution in [3.8, 4) is 11.3 Å². The molecule has 1 unspecified atom stereocenters. The summed E-state index contributed by atoms with van der Waals surface area (Å²) in [7, 11) is 0. The summed E-state index contributed by atoms with van der Waals surface area (Å²) in [6, 6.07) is 9.50. The van der Waals surface area contributed by atoms with E-state index in [2.05, 4.69) is 51.8 Å². The third-order valence-electron chi connectivity index (χ3n) is 5.57. The third-order valence-corrected chi connectivity index (χ3v) is 6.34. The summed E-state index contributed by atoms with van der Waals surface area (Å²) >= 11 is 1.72. The van der Waals surface area contributed by atoms with Crippen molar-refractivity contribution in [2.24, 2.45) is 5.92 Å². The number of piperidine rings is 1. The number of benzene rings is 1. The van der Waals surface area contributed by atoms with Crippen LogP contribution in [-0.2, 0) is 4.74 Å². The molecule has 4 nitrogen and oxygen atoms in total. The lowest BCUT2D eigenvalue weighted by molar-refractivity contribution is 0.0535. The van der Waals surface area contributed by atoms with E-state index >= 15 is 0 Å². The molecule has 2 fully saturated rings. The van der Waals surface area contributed by atoms with Gasteiger partial charge >= 0.3 is 0 Å². The van der Waals surface area contributed by atoms with Gasteiger partial charge in [0.1, 0.15) is 0 Å². The van der Waals surface area contributed by atoms with Crippen LogP contribution in [0.3, 0.4) is 0 Å². The summed E-state index contributed by atoms with van der Waals surface area (Å²) in [5.41, 5.74) is 3.65. The lowest BCUT2D eigenvalue weighted by Gasteiger charge is -2.35. The van der Waals surface area contributed by atoms with Gasteiger partial charge in [-0.15, -0.1) is 11.3 Å². The lowest BCUT2D eigenvalue weighted by Crippen LogP contribution is -2.44. The summed E-state index contributed by atoms with van der Waals surface area (Å²) in [4.78, 5) is 7.15. The van der Waals surface area contributed by atoms with Crippen LogP contribution in [0.2, 0.25) is 0 Å². The van der Waals surface area contributed by atoms with E-state index in [1.165, 1.54) is 36.9 Å². The zero-order chi connectivity index (χ0) is 17.8. The fourth-order valence-corrected chi connectivity index (χ4v) is 4.62. The molecule has 3 heterocycles. The van der Waals surface area contributed by atoms with Crippen molar-refractivity contribution in [1.82, 2.24) is 10.3 Å². The molecule has 0 aliphatic carbocycles. The highest BCUT2D eigenvalue weighted by molar-refractivity contribution is 7.09. The number of hydrogen-bond donors (Lipinski definition) is 1. The maximum absolute atomic E-state index is 5.59. The van der Waals surface area contributed by atoms with Crippen LogP contribution < -0.4 is 10.2 Å². The van der Waals surface area contributed by atoms with Gasteiger partial charge in [-0.1, -0.05) is 12.1 Å². The van der Waals surface area contributed by atoms with E-state index in [0.717, 1.165) is 43.5 Å². The van der Waals surface area contributed by atoms with Crippen molar-refractivity contribution in [3.63, 3.8) is 0 Å². The van der Waals surface area contributed by atoms with Gasteiger partial charge in [0.2, 0.25) is 0 Å². The summed E-state index contributed by atoms with van der Waals surface area (Å²) in [6.45, 7) is 7.32. The smallest absolute Gasteiger partial charge is 0.0901 e. The average molecular weight is 372 g/mol.